The minimum Gasteiger partial charge on any atom is -0.497 e. The van der Waals surface area contributed by atoms with Crippen molar-refractivity contribution in [2.24, 2.45) is 0 Å². The molecule has 0 aliphatic rings. The predicted molar refractivity (Wildman–Crippen MR) is 125 cm³/mol. The molecular weight excluding hydrogens is 445 g/mol. The Labute approximate surface area is 195 Å². The van der Waals surface area contributed by atoms with E-state index in [0.717, 1.165) is 0 Å². The number of hydrogen-bond acceptors (Lipinski definition) is 6. The summed E-state index contributed by atoms with van der Waals surface area (Å²) < 4.78 is 20.8. The lowest BCUT2D eigenvalue weighted by Crippen LogP contribution is -2.29. The Balaban J connectivity index is 1.67. The van der Waals surface area contributed by atoms with Crippen molar-refractivity contribution in [1.29, 1.82) is 0 Å². The molecule has 33 heavy (non-hydrogen) atoms. The van der Waals surface area contributed by atoms with E-state index in [2.05, 4.69) is 27.4 Å². The molecule has 0 spiro atoms. The van der Waals surface area contributed by atoms with E-state index in [4.69, 9.17) is 4.74 Å². The van der Waals surface area contributed by atoms with E-state index in [9.17, 15) is 14.0 Å². The highest BCUT2D eigenvalue weighted by Crippen LogP contribution is 2.22. The Morgan fingerprint density at radius 1 is 1.24 bits per heavy atom. The van der Waals surface area contributed by atoms with Crippen molar-refractivity contribution in [3.8, 4) is 5.75 Å². The molecule has 3 rings (SSSR count). The molecule has 172 valence electrons. The molecular formula is C23H24FN5O3S. The van der Waals surface area contributed by atoms with Gasteiger partial charge in [-0.3, -0.25) is 9.59 Å². The van der Waals surface area contributed by atoms with E-state index in [1.165, 1.54) is 30.0 Å². The van der Waals surface area contributed by atoms with Crippen LogP contribution in [0.5, 0.6) is 5.75 Å². The quantitative estimate of drug-likeness (QED) is 0.346. The second-order valence-electron chi connectivity index (χ2n) is 6.98. The van der Waals surface area contributed by atoms with Gasteiger partial charge in [-0.1, -0.05) is 36.0 Å². The zero-order chi connectivity index (χ0) is 23.8. The van der Waals surface area contributed by atoms with Crippen LogP contribution in [0.2, 0.25) is 0 Å². The van der Waals surface area contributed by atoms with Crippen molar-refractivity contribution in [3.63, 3.8) is 0 Å². The predicted octanol–water partition coefficient (Wildman–Crippen LogP) is 3.83. The van der Waals surface area contributed by atoms with Crippen LogP contribution in [0.25, 0.3) is 0 Å². The van der Waals surface area contributed by atoms with Gasteiger partial charge in [0.05, 0.1) is 24.5 Å². The number of benzene rings is 2. The summed E-state index contributed by atoms with van der Waals surface area (Å²) in [6, 6.07) is 12.3. The molecule has 0 saturated heterocycles. The summed E-state index contributed by atoms with van der Waals surface area (Å²) in [5.74, 6) is -0.169. The van der Waals surface area contributed by atoms with E-state index in [0.29, 0.717) is 29.0 Å². The highest BCUT2D eigenvalue weighted by Gasteiger charge is 2.21. The number of anilines is 1. The number of halogens is 1. The molecule has 0 unspecified atom stereocenters. The van der Waals surface area contributed by atoms with Gasteiger partial charge in [0.15, 0.2) is 11.0 Å². The first-order chi connectivity index (χ1) is 15.9. The van der Waals surface area contributed by atoms with Crippen LogP contribution >= 0.6 is 11.8 Å². The lowest BCUT2D eigenvalue weighted by molar-refractivity contribution is -0.113. The van der Waals surface area contributed by atoms with E-state index in [1.54, 1.807) is 55.0 Å². The van der Waals surface area contributed by atoms with Crippen molar-refractivity contribution >= 4 is 29.3 Å². The average molecular weight is 470 g/mol. The molecule has 2 amide bonds. The lowest BCUT2D eigenvalue weighted by atomic mass is 10.2. The van der Waals surface area contributed by atoms with Crippen molar-refractivity contribution in [2.75, 3.05) is 18.2 Å². The maximum atomic E-state index is 13.9. The zero-order valence-electron chi connectivity index (χ0n) is 18.2. The Kier molecular flexibility index (Phi) is 8.20. The fourth-order valence-electron chi connectivity index (χ4n) is 3.04. The molecule has 0 bridgehead atoms. The molecule has 1 aromatic heterocycles. The Morgan fingerprint density at radius 2 is 2.03 bits per heavy atom. The standard InChI is InChI=1S/C23H24FN5O3S/c1-4-12-29-21(15(2)25-22(31)18-10-5-6-11-19(18)24)27-28-23(29)33-14-20(30)26-16-8-7-9-17(13-16)32-3/h4-11,13,15H,1,12,14H2,2-3H3,(H,25,31)(H,26,30)/t15-/m1/s1. The molecule has 2 aromatic carbocycles. The first-order valence-electron chi connectivity index (χ1n) is 10.1. The number of nitrogens with zero attached hydrogens (tertiary/aromatic N) is 3. The summed E-state index contributed by atoms with van der Waals surface area (Å²) in [4.78, 5) is 24.9. The van der Waals surface area contributed by atoms with Crippen LogP contribution in [0.15, 0.2) is 66.3 Å². The van der Waals surface area contributed by atoms with Crippen molar-refractivity contribution in [2.45, 2.75) is 24.7 Å². The average Bonchev–Trinajstić information content (AvgIpc) is 3.21. The molecule has 0 fully saturated rings. The van der Waals surface area contributed by atoms with Crippen LogP contribution < -0.4 is 15.4 Å². The van der Waals surface area contributed by atoms with E-state index < -0.39 is 17.8 Å². The van der Waals surface area contributed by atoms with Gasteiger partial charge in [0, 0.05) is 18.3 Å². The number of ether oxygens (including phenoxy) is 1. The number of allylic oxidation sites excluding steroid dienone is 1. The highest BCUT2D eigenvalue weighted by atomic mass is 32.2. The molecule has 8 nitrogen and oxygen atoms in total. The van der Waals surface area contributed by atoms with Crippen LogP contribution in [-0.4, -0.2) is 39.4 Å². The zero-order valence-corrected chi connectivity index (χ0v) is 19.1. The van der Waals surface area contributed by atoms with Crippen LogP contribution in [-0.2, 0) is 11.3 Å². The number of carbonyl (C=O) groups excluding carboxylic acids is 2. The molecule has 0 aliphatic heterocycles. The van der Waals surface area contributed by atoms with Crippen LogP contribution in [0, 0.1) is 5.82 Å². The van der Waals surface area contributed by atoms with Crippen molar-refractivity contribution in [3.05, 3.63) is 78.4 Å². The van der Waals surface area contributed by atoms with Gasteiger partial charge >= 0.3 is 0 Å². The summed E-state index contributed by atoms with van der Waals surface area (Å²) in [7, 11) is 1.56. The van der Waals surface area contributed by atoms with Gasteiger partial charge in [0.1, 0.15) is 11.6 Å². The minimum absolute atomic E-state index is 0.0528. The Bertz CT molecular complexity index is 1150. The normalized spacial score (nSPS) is 11.5. The van der Waals surface area contributed by atoms with E-state index >= 15 is 0 Å². The van der Waals surface area contributed by atoms with E-state index in [1.807, 2.05) is 0 Å². The van der Waals surface area contributed by atoms with Crippen molar-refractivity contribution < 1.29 is 18.7 Å². The molecule has 2 N–H and O–H groups in total. The molecule has 0 radical (unpaired) electrons. The van der Waals surface area contributed by atoms with Gasteiger partial charge in [0.2, 0.25) is 5.91 Å². The third kappa shape index (κ3) is 6.19. The van der Waals surface area contributed by atoms with Gasteiger partial charge in [-0.05, 0) is 31.2 Å². The molecule has 1 atom stereocenters. The highest BCUT2D eigenvalue weighted by molar-refractivity contribution is 7.99. The third-order valence-corrected chi connectivity index (χ3v) is 5.56. The summed E-state index contributed by atoms with van der Waals surface area (Å²) in [5.41, 5.74) is 0.570. The van der Waals surface area contributed by atoms with Crippen LogP contribution in [0.1, 0.15) is 29.1 Å². The summed E-state index contributed by atoms with van der Waals surface area (Å²) in [6.07, 6.45) is 1.67. The smallest absolute Gasteiger partial charge is 0.254 e. The van der Waals surface area contributed by atoms with Gasteiger partial charge < -0.3 is 19.9 Å². The third-order valence-electron chi connectivity index (χ3n) is 4.60. The fraction of sp³-hybridized carbons (Fsp3) is 0.217. The molecule has 0 aliphatic carbocycles. The van der Waals surface area contributed by atoms with Gasteiger partial charge in [-0.25, -0.2) is 4.39 Å². The van der Waals surface area contributed by atoms with E-state index in [-0.39, 0.29) is 17.2 Å². The second-order valence-corrected chi connectivity index (χ2v) is 7.93. The Hall–Kier alpha value is -3.66. The maximum Gasteiger partial charge on any atom is 0.254 e. The number of carbonyl (C=O) groups is 2. The molecule has 3 aromatic rings. The van der Waals surface area contributed by atoms with Gasteiger partial charge in [0.25, 0.3) is 5.91 Å². The van der Waals surface area contributed by atoms with Gasteiger partial charge in [-0.2, -0.15) is 0 Å². The number of amides is 2. The number of aromatic nitrogens is 3. The Morgan fingerprint density at radius 3 is 2.76 bits per heavy atom. The van der Waals surface area contributed by atoms with Crippen LogP contribution in [0.4, 0.5) is 10.1 Å². The number of hydrogen-bond donors (Lipinski definition) is 2. The molecule has 10 heteroatoms. The maximum absolute atomic E-state index is 13.9. The fourth-order valence-corrected chi connectivity index (χ4v) is 3.79. The topological polar surface area (TPSA) is 98.1 Å². The molecule has 0 saturated carbocycles. The number of methoxy groups -OCH3 is 1. The summed E-state index contributed by atoms with van der Waals surface area (Å²) in [5, 5.41) is 14.4. The van der Waals surface area contributed by atoms with Crippen LogP contribution in [0.3, 0.4) is 0 Å². The SMILES string of the molecule is C=CCn1c(SCC(=O)Nc2cccc(OC)c2)nnc1[C@@H](C)NC(=O)c1ccccc1F. The van der Waals surface area contributed by atoms with Gasteiger partial charge in [-0.15, -0.1) is 16.8 Å². The first-order valence-corrected chi connectivity index (χ1v) is 11.1. The first kappa shape index (κ1) is 24.0. The summed E-state index contributed by atoms with van der Waals surface area (Å²) in [6.45, 7) is 5.86. The largest absolute Gasteiger partial charge is 0.497 e. The lowest BCUT2D eigenvalue weighted by Gasteiger charge is -2.15. The van der Waals surface area contributed by atoms with Crippen molar-refractivity contribution in [1.82, 2.24) is 20.1 Å². The number of thioether (sulfide) groups is 1. The number of nitrogens with one attached hydrogen (secondary N) is 2. The second kappa shape index (κ2) is 11.3. The number of rotatable bonds is 10. The minimum atomic E-state index is -0.604. The monoisotopic (exact) mass is 469 g/mol. The summed E-state index contributed by atoms with van der Waals surface area (Å²) >= 11 is 1.21. The molecule has 1 heterocycles.